The van der Waals surface area contributed by atoms with Crippen LogP contribution in [0.25, 0.3) is 0 Å². The molecule has 0 bridgehead atoms. The van der Waals surface area contributed by atoms with Gasteiger partial charge < -0.3 is 19.2 Å². The number of rotatable bonds is 7. The topological polar surface area (TPSA) is 162 Å². The van der Waals surface area contributed by atoms with E-state index >= 15 is 0 Å². The second-order valence-corrected chi connectivity index (χ2v) is 12.5. The zero-order valence-electron chi connectivity index (χ0n) is 21.8. The molecule has 0 atom stereocenters. The minimum absolute atomic E-state index is 0.00546. The maximum atomic E-state index is 12.4. The van der Waals surface area contributed by atoms with Gasteiger partial charge in [0.15, 0.2) is 0 Å². The first-order valence-electron chi connectivity index (χ1n) is 12.1. The molecule has 4 rings (SSSR count). The summed E-state index contributed by atoms with van der Waals surface area (Å²) in [6.07, 6.45) is 1.52. The smallest absolute Gasteiger partial charge is 0.227 e. The quantitative estimate of drug-likeness (QED) is 0.255. The molecule has 1 aliphatic carbocycles. The maximum absolute atomic E-state index is 12.4. The van der Waals surface area contributed by atoms with Gasteiger partial charge >= 0.3 is 62.9 Å². The molecule has 0 aromatic heterocycles. The van der Waals surface area contributed by atoms with E-state index in [0.717, 1.165) is 39.3 Å². The summed E-state index contributed by atoms with van der Waals surface area (Å²) in [6, 6.07) is 0. The Morgan fingerprint density at radius 3 is 1.27 bits per heavy atom. The van der Waals surface area contributed by atoms with Crippen LogP contribution >= 0.6 is 0 Å². The van der Waals surface area contributed by atoms with Crippen LogP contribution in [-0.2, 0) is 21.2 Å². The molecule has 4 aliphatic rings. The Bertz CT molecular complexity index is 1100. The Kier molecular flexibility index (Phi) is 9.10. The SMILES string of the molecule is CC[N+](CC)(CC)CC.N#[C][Co-2]([C]#N)([C]#N)([C]#N)[C]#N.O=C1C=C(N2CC2)C(=O)C(N2CC2)=C1N1CC1. The van der Waals surface area contributed by atoms with Crippen molar-refractivity contribution in [3.05, 3.63) is 23.2 Å². The molecule has 3 fully saturated rings. The normalized spacial score (nSPS) is 18.5. The van der Waals surface area contributed by atoms with Crippen molar-refractivity contribution in [2.24, 2.45) is 0 Å². The molecular weight excluding hydrogens is 517 g/mol. The summed E-state index contributed by atoms with van der Waals surface area (Å²) < 4.78 is 1.28. The van der Waals surface area contributed by atoms with Crippen LogP contribution in [0.4, 0.5) is 0 Å². The molecular formula is C25H33CoN9O2-. The average Bonchev–Trinajstić information content (AvgIpc) is 3.77. The van der Waals surface area contributed by atoms with Gasteiger partial charge in [0.05, 0.1) is 31.9 Å². The monoisotopic (exact) mass is 550 g/mol. The van der Waals surface area contributed by atoms with Gasteiger partial charge in [-0.3, -0.25) is 9.59 Å². The zero-order chi connectivity index (χ0) is 27.9. The van der Waals surface area contributed by atoms with E-state index in [1.165, 1.54) is 61.8 Å². The second kappa shape index (κ2) is 11.5. The molecule has 0 unspecified atom stereocenters. The molecule has 37 heavy (non-hydrogen) atoms. The van der Waals surface area contributed by atoms with Crippen LogP contribution in [0.2, 0.25) is 0 Å². The van der Waals surface area contributed by atoms with Crippen LogP contribution in [0, 0.1) is 51.3 Å². The Morgan fingerprint density at radius 1 is 0.676 bits per heavy atom. The molecule has 11 nitrogen and oxygen atoms in total. The molecule has 0 amide bonds. The first-order chi connectivity index (χ1) is 17.6. The van der Waals surface area contributed by atoms with Crippen molar-refractivity contribution in [1.82, 2.24) is 14.7 Å². The standard InChI is InChI=1S/C12H13N3O2.C8H20N.5CN.Co/c16-9-7-8(13-1-2-13)12(17)11(15-5-6-15)10(9)14-3-4-14;1-5-9(6-2,7-3)8-4;5*1-2;/h7H,1-6H2;5-8H2,1-4H3;;;;;;/q;+1;;;;;;-2. The summed E-state index contributed by atoms with van der Waals surface area (Å²) in [7, 11) is 0. The van der Waals surface area contributed by atoms with E-state index in [1.807, 2.05) is 14.7 Å². The number of allylic oxidation sites excluding steroid dienone is 1. The molecule has 3 heterocycles. The van der Waals surface area contributed by atoms with Crippen LogP contribution in [0.5, 0.6) is 0 Å². The predicted octanol–water partition coefficient (Wildman–Crippen LogP) is 1.14. The van der Waals surface area contributed by atoms with E-state index in [2.05, 4.69) is 27.7 Å². The molecule has 0 aromatic rings. The number of nitrogens with zero attached hydrogens (tertiary/aromatic N) is 9. The van der Waals surface area contributed by atoms with Crippen LogP contribution < -0.4 is 0 Å². The van der Waals surface area contributed by atoms with Gasteiger partial charge in [0.1, 0.15) is 11.4 Å². The van der Waals surface area contributed by atoms with Gasteiger partial charge in [-0.2, -0.15) is 0 Å². The Labute approximate surface area is 219 Å². The molecule has 0 aromatic carbocycles. The fraction of sp³-hybridized carbons (Fsp3) is 0.560. The summed E-state index contributed by atoms with van der Waals surface area (Å²) in [5.74, 6) is 0.0485. The molecule has 0 saturated carbocycles. The third-order valence-electron chi connectivity index (χ3n) is 6.92. The summed E-state index contributed by atoms with van der Waals surface area (Å²) in [5, 5.41) is 47.8. The number of ketones is 2. The van der Waals surface area contributed by atoms with Crippen molar-refractivity contribution < 1.29 is 25.6 Å². The van der Waals surface area contributed by atoms with Crippen molar-refractivity contribution in [3.63, 3.8) is 0 Å². The van der Waals surface area contributed by atoms with E-state index in [1.54, 1.807) is 0 Å². The van der Waals surface area contributed by atoms with Crippen molar-refractivity contribution in [1.29, 1.82) is 26.3 Å². The number of quaternary nitrogens is 1. The van der Waals surface area contributed by atoms with Crippen molar-refractivity contribution in [2.45, 2.75) is 27.7 Å². The molecule has 0 N–H and O–H groups in total. The number of nitriles is 5. The summed E-state index contributed by atoms with van der Waals surface area (Å²) in [6.45, 7) is 19.6. The van der Waals surface area contributed by atoms with Gasteiger partial charge in [-0.25, -0.2) is 0 Å². The van der Waals surface area contributed by atoms with Crippen LogP contribution in [-0.4, -0.2) is 96.2 Å². The molecule has 3 saturated heterocycles. The fourth-order valence-electron chi connectivity index (χ4n) is 3.78. The van der Waals surface area contributed by atoms with Crippen molar-refractivity contribution in [2.75, 3.05) is 65.4 Å². The summed E-state index contributed by atoms with van der Waals surface area (Å²) in [4.78, 5) is 30.5. The Hall–Kier alpha value is -3.86. The molecule has 200 valence electrons. The molecule has 0 spiro atoms. The fourth-order valence-corrected chi connectivity index (χ4v) is 4.30. The van der Waals surface area contributed by atoms with Gasteiger partial charge in [0, 0.05) is 45.3 Å². The Morgan fingerprint density at radius 2 is 1.03 bits per heavy atom. The Balaban J connectivity index is 0.000000212. The van der Waals surface area contributed by atoms with Crippen LogP contribution in [0.3, 0.4) is 0 Å². The minimum atomic E-state index is -4.63. The second-order valence-electron chi connectivity index (χ2n) is 8.69. The first kappa shape index (κ1) is 29.4. The predicted molar refractivity (Wildman–Crippen MR) is 130 cm³/mol. The molecule has 12 heteroatoms. The minimum Gasteiger partial charge on any atom is -0.365 e. The summed E-state index contributed by atoms with van der Waals surface area (Å²) in [5.41, 5.74) is 1.89. The third-order valence-corrected chi connectivity index (χ3v) is 9.24. The molecule has 3 aliphatic heterocycles. The van der Waals surface area contributed by atoms with Crippen LogP contribution in [0.1, 0.15) is 27.7 Å². The number of carbonyl (C=O) groups is 2. The number of Topliss-reactive ketones (excluding diaryl/α,β-unsaturated/α-hetero) is 1. The maximum Gasteiger partial charge on any atom is 0.227 e. The van der Waals surface area contributed by atoms with Gasteiger partial charge in [0.2, 0.25) is 11.6 Å². The molecule has 0 radical (unpaired) electrons. The van der Waals surface area contributed by atoms with Crippen LogP contribution in [0.15, 0.2) is 23.2 Å². The van der Waals surface area contributed by atoms with Crippen molar-refractivity contribution in [3.8, 4) is 25.0 Å². The van der Waals surface area contributed by atoms with Gasteiger partial charge in [-0.1, -0.05) is 0 Å². The number of hydrogen-bond donors (Lipinski definition) is 0. The summed E-state index contributed by atoms with van der Waals surface area (Å²) >= 11 is -4.63. The van der Waals surface area contributed by atoms with Gasteiger partial charge in [-0.15, -0.1) is 0 Å². The number of hydrogen-bond acceptors (Lipinski definition) is 10. The van der Waals surface area contributed by atoms with E-state index in [9.17, 15) is 9.59 Å². The number of carbonyl (C=O) groups excluding carboxylic acids is 2. The first-order valence-corrected chi connectivity index (χ1v) is 14.7. The van der Waals surface area contributed by atoms with Gasteiger partial charge in [0.25, 0.3) is 0 Å². The largest absolute Gasteiger partial charge is 0.365 e. The average molecular weight is 551 g/mol. The zero-order valence-corrected chi connectivity index (χ0v) is 22.9. The van der Waals surface area contributed by atoms with Crippen molar-refractivity contribution >= 4 is 11.6 Å². The van der Waals surface area contributed by atoms with E-state index < -0.39 is 11.6 Å². The van der Waals surface area contributed by atoms with E-state index in [-0.39, 0.29) is 11.6 Å². The van der Waals surface area contributed by atoms with Gasteiger partial charge in [-0.05, 0) is 27.7 Å². The van der Waals surface area contributed by atoms with E-state index in [4.69, 9.17) is 26.3 Å². The van der Waals surface area contributed by atoms with E-state index in [0.29, 0.717) is 17.1 Å². The third kappa shape index (κ3) is 6.11.